The second kappa shape index (κ2) is 8.07. The topological polar surface area (TPSA) is 34.8 Å². The minimum atomic E-state index is -0.203. The monoisotopic (exact) mass is 405 g/mol. The van der Waals surface area contributed by atoms with E-state index >= 15 is 0 Å². The van der Waals surface area contributed by atoms with Crippen LogP contribution in [0.4, 0.5) is 8.78 Å². The highest BCUT2D eigenvalue weighted by Crippen LogP contribution is 2.34. The van der Waals surface area contributed by atoms with Crippen molar-refractivity contribution in [2.75, 3.05) is 19.6 Å². The average molecular weight is 405 g/mol. The molecule has 5 heteroatoms. The first kappa shape index (κ1) is 19.1. The molecule has 1 aliphatic rings. The van der Waals surface area contributed by atoms with Crippen LogP contribution >= 0.6 is 0 Å². The molecule has 0 saturated carbocycles. The van der Waals surface area contributed by atoms with Gasteiger partial charge in [0.2, 0.25) is 0 Å². The van der Waals surface area contributed by atoms with E-state index in [1.165, 1.54) is 17.2 Å². The number of hydrogen-bond donors (Lipinski definition) is 2. The molecule has 0 aliphatic carbocycles. The van der Waals surface area contributed by atoms with Gasteiger partial charge in [-0.15, -0.1) is 0 Å². The highest BCUT2D eigenvalue weighted by molar-refractivity contribution is 5.83. The molecule has 3 nitrogen and oxygen atoms in total. The van der Waals surface area contributed by atoms with Gasteiger partial charge in [-0.05, 0) is 96.9 Å². The Morgan fingerprint density at radius 1 is 0.933 bits per heavy atom. The number of fused-ring (bicyclic) bond motifs is 1. The molecule has 0 amide bonds. The molecule has 154 valence electrons. The van der Waals surface area contributed by atoms with Gasteiger partial charge in [-0.3, -0.25) is 0 Å². The van der Waals surface area contributed by atoms with E-state index in [4.69, 9.17) is 0 Å². The number of aromatic amines is 2. The van der Waals surface area contributed by atoms with Crippen molar-refractivity contribution in [2.45, 2.75) is 25.2 Å². The third-order valence-electron chi connectivity index (χ3n) is 6.38. The number of likely N-dealkylation sites (tertiary alicyclic amines) is 1. The zero-order valence-corrected chi connectivity index (χ0v) is 16.8. The number of benzene rings is 2. The van der Waals surface area contributed by atoms with E-state index in [1.54, 1.807) is 18.2 Å². The Hall–Kier alpha value is -2.92. The summed E-state index contributed by atoms with van der Waals surface area (Å²) in [6, 6.07) is 12.0. The van der Waals surface area contributed by atoms with E-state index in [-0.39, 0.29) is 11.6 Å². The van der Waals surface area contributed by atoms with Gasteiger partial charge in [-0.2, -0.15) is 0 Å². The molecule has 2 aromatic heterocycles. The van der Waals surface area contributed by atoms with Crippen LogP contribution in [0.15, 0.2) is 61.1 Å². The van der Waals surface area contributed by atoms with Crippen LogP contribution in [0.25, 0.3) is 22.0 Å². The molecule has 0 unspecified atom stereocenters. The molecule has 3 heterocycles. The van der Waals surface area contributed by atoms with Crippen LogP contribution in [0.2, 0.25) is 0 Å². The number of nitrogens with zero attached hydrogens (tertiary/aromatic N) is 1. The Bertz CT molecular complexity index is 1140. The molecule has 0 atom stereocenters. The second-order valence-electron chi connectivity index (χ2n) is 8.20. The van der Waals surface area contributed by atoms with Gasteiger partial charge in [0.1, 0.15) is 11.6 Å². The van der Waals surface area contributed by atoms with Crippen molar-refractivity contribution < 1.29 is 8.78 Å². The molecule has 2 aromatic carbocycles. The minimum absolute atomic E-state index is 0.182. The molecular formula is C25H25F2N3. The molecule has 2 N–H and O–H groups in total. The zero-order valence-electron chi connectivity index (χ0n) is 16.8. The summed E-state index contributed by atoms with van der Waals surface area (Å²) < 4.78 is 27.5. The fourth-order valence-corrected chi connectivity index (χ4v) is 4.73. The number of hydrogen-bond acceptors (Lipinski definition) is 1. The molecule has 1 saturated heterocycles. The number of H-pyrrole nitrogens is 2. The van der Waals surface area contributed by atoms with Crippen LogP contribution in [0.5, 0.6) is 0 Å². The quantitative estimate of drug-likeness (QED) is 0.428. The van der Waals surface area contributed by atoms with Crippen molar-refractivity contribution in [3.05, 3.63) is 83.8 Å². The number of halogens is 2. The van der Waals surface area contributed by atoms with Crippen molar-refractivity contribution in [3.63, 3.8) is 0 Å². The lowest BCUT2D eigenvalue weighted by atomic mass is 9.89. The Morgan fingerprint density at radius 3 is 2.53 bits per heavy atom. The van der Waals surface area contributed by atoms with Crippen molar-refractivity contribution in [3.8, 4) is 11.1 Å². The van der Waals surface area contributed by atoms with Gasteiger partial charge >= 0.3 is 0 Å². The van der Waals surface area contributed by atoms with Gasteiger partial charge in [0.15, 0.2) is 0 Å². The van der Waals surface area contributed by atoms with Gasteiger partial charge in [0.05, 0.1) is 0 Å². The smallest absolute Gasteiger partial charge is 0.123 e. The zero-order chi connectivity index (χ0) is 20.5. The van der Waals surface area contributed by atoms with Gasteiger partial charge in [0, 0.05) is 36.0 Å². The lowest BCUT2D eigenvalue weighted by Crippen LogP contribution is -2.34. The summed E-state index contributed by atoms with van der Waals surface area (Å²) in [5.74, 6) is 0.0716. The maximum absolute atomic E-state index is 13.8. The molecule has 1 fully saturated rings. The average Bonchev–Trinajstić information content (AvgIpc) is 3.43. The van der Waals surface area contributed by atoms with Gasteiger partial charge in [-0.25, -0.2) is 8.78 Å². The molecule has 0 radical (unpaired) electrons. The highest BCUT2D eigenvalue weighted by atomic mass is 19.1. The Balaban J connectivity index is 1.24. The van der Waals surface area contributed by atoms with Crippen LogP contribution in [0.3, 0.4) is 0 Å². The molecule has 5 rings (SSSR count). The van der Waals surface area contributed by atoms with Crippen molar-refractivity contribution in [2.24, 2.45) is 0 Å². The van der Waals surface area contributed by atoms with Crippen molar-refractivity contribution in [1.82, 2.24) is 14.9 Å². The van der Waals surface area contributed by atoms with Gasteiger partial charge < -0.3 is 14.9 Å². The summed E-state index contributed by atoms with van der Waals surface area (Å²) in [4.78, 5) is 8.82. The van der Waals surface area contributed by atoms with E-state index in [0.717, 1.165) is 60.9 Å². The number of rotatable bonds is 5. The molecule has 4 aromatic rings. The number of aromatic nitrogens is 2. The largest absolute Gasteiger partial charge is 0.367 e. The highest BCUT2D eigenvalue weighted by Gasteiger charge is 2.23. The third kappa shape index (κ3) is 3.77. The summed E-state index contributed by atoms with van der Waals surface area (Å²) in [5, 5.41) is 1.01. The van der Waals surface area contributed by atoms with E-state index in [2.05, 4.69) is 14.9 Å². The standard InChI is InChI=1S/C25H25F2N3/c26-20-2-1-17(22(13-20)19-5-9-28-15-19)6-10-30-11-7-18(8-12-30)24-16-29-25-4-3-21(27)14-23(24)25/h1-5,9,13-16,18,28-29H,6-8,10-12H2. The predicted molar refractivity (Wildman–Crippen MR) is 117 cm³/mol. The first-order valence-electron chi connectivity index (χ1n) is 10.6. The maximum Gasteiger partial charge on any atom is 0.123 e. The summed E-state index contributed by atoms with van der Waals surface area (Å²) >= 11 is 0. The predicted octanol–water partition coefficient (Wildman–Crippen LogP) is 5.86. The molecule has 1 aliphatic heterocycles. The first-order valence-corrected chi connectivity index (χ1v) is 10.6. The van der Waals surface area contributed by atoms with E-state index < -0.39 is 0 Å². The summed E-state index contributed by atoms with van der Waals surface area (Å²) in [6.45, 7) is 3.00. The van der Waals surface area contributed by atoms with E-state index in [9.17, 15) is 8.78 Å². The Kier molecular flexibility index (Phi) is 5.13. The Labute approximate surface area is 174 Å². The van der Waals surface area contributed by atoms with Crippen molar-refractivity contribution in [1.29, 1.82) is 0 Å². The maximum atomic E-state index is 13.8. The third-order valence-corrected chi connectivity index (χ3v) is 6.38. The summed E-state index contributed by atoms with van der Waals surface area (Å²) in [6.07, 6.45) is 8.85. The summed E-state index contributed by atoms with van der Waals surface area (Å²) in [7, 11) is 0. The van der Waals surface area contributed by atoms with Crippen LogP contribution in [0.1, 0.15) is 29.9 Å². The Morgan fingerprint density at radius 2 is 1.73 bits per heavy atom. The van der Waals surface area contributed by atoms with Gasteiger partial charge in [0.25, 0.3) is 0 Å². The van der Waals surface area contributed by atoms with Crippen LogP contribution in [-0.2, 0) is 6.42 Å². The first-order chi connectivity index (χ1) is 14.7. The SMILES string of the molecule is Fc1ccc(CCN2CCC(c3c[nH]c4ccc(F)cc34)CC2)c(-c2cc[nH]c2)c1. The van der Waals surface area contributed by atoms with E-state index in [0.29, 0.717) is 5.92 Å². The fourth-order valence-electron chi connectivity index (χ4n) is 4.73. The molecular weight excluding hydrogens is 380 g/mol. The van der Waals surface area contributed by atoms with Crippen molar-refractivity contribution >= 4 is 10.9 Å². The minimum Gasteiger partial charge on any atom is -0.367 e. The number of piperidine rings is 1. The van der Waals surface area contributed by atoms with Crippen LogP contribution in [0, 0.1) is 11.6 Å². The number of nitrogens with one attached hydrogen (secondary N) is 2. The van der Waals surface area contributed by atoms with Crippen LogP contribution in [-0.4, -0.2) is 34.5 Å². The molecule has 0 bridgehead atoms. The normalized spacial score (nSPS) is 15.8. The van der Waals surface area contributed by atoms with E-state index in [1.807, 2.05) is 36.8 Å². The van der Waals surface area contributed by atoms with Gasteiger partial charge in [-0.1, -0.05) is 6.07 Å². The summed E-state index contributed by atoms with van der Waals surface area (Å²) in [5.41, 5.74) is 5.40. The fraction of sp³-hybridized carbons (Fsp3) is 0.280. The molecule has 0 spiro atoms. The molecule has 30 heavy (non-hydrogen) atoms. The second-order valence-corrected chi connectivity index (χ2v) is 8.20. The lowest BCUT2D eigenvalue weighted by Gasteiger charge is -2.32. The lowest BCUT2D eigenvalue weighted by molar-refractivity contribution is 0.215. The van der Waals surface area contributed by atoms with Crippen LogP contribution < -0.4 is 0 Å².